The number of primary amides is 1. The van der Waals surface area contributed by atoms with E-state index in [1.807, 2.05) is 24.3 Å². The first-order valence-corrected chi connectivity index (χ1v) is 9.76. The van der Waals surface area contributed by atoms with E-state index in [1.165, 1.54) is 5.56 Å². The predicted octanol–water partition coefficient (Wildman–Crippen LogP) is 4.91. The minimum Gasteiger partial charge on any atom is -0.489 e. The van der Waals surface area contributed by atoms with E-state index in [0.29, 0.717) is 23.4 Å². The van der Waals surface area contributed by atoms with Gasteiger partial charge in [-0.2, -0.15) is 0 Å². The van der Waals surface area contributed by atoms with Crippen molar-refractivity contribution in [3.8, 4) is 5.75 Å². The molecule has 3 aromatic rings. The van der Waals surface area contributed by atoms with Crippen molar-refractivity contribution in [2.45, 2.75) is 32.8 Å². The molecular weight excluding hydrogens is 376 g/mol. The number of anilines is 1. The van der Waals surface area contributed by atoms with Gasteiger partial charge in [-0.05, 0) is 59.0 Å². The summed E-state index contributed by atoms with van der Waals surface area (Å²) in [4.78, 5) is 23.7. The van der Waals surface area contributed by atoms with Gasteiger partial charge in [0.15, 0.2) is 0 Å². The molecule has 30 heavy (non-hydrogen) atoms. The Labute approximate surface area is 176 Å². The molecule has 0 spiro atoms. The lowest BCUT2D eigenvalue weighted by atomic mass is 9.87. The van der Waals surface area contributed by atoms with Gasteiger partial charge in [-0.25, -0.2) is 0 Å². The second kappa shape index (κ2) is 8.82. The molecule has 5 heteroatoms. The molecule has 3 rings (SSSR count). The van der Waals surface area contributed by atoms with E-state index in [9.17, 15) is 9.59 Å². The third-order valence-electron chi connectivity index (χ3n) is 4.75. The highest BCUT2D eigenvalue weighted by Gasteiger charge is 2.13. The topological polar surface area (TPSA) is 81.4 Å². The van der Waals surface area contributed by atoms with Gasteiger partial charge in [0.05, 0.1) is 0 Å². The molecule has 2 amide bonds. The Balaban J connectivity index is 1.58. The Kier molecular flexibility index (Phi) is 6.21. The van der Waals surface area contributed by atoms with Crippen LogP contribution in [0.4, 0.5) is 5.69 Å². The van der Waals surface area contributed by atoms with Gasteiger partial charge in [-0.3, -0.25) is 9.59 Å². The number of amides is 2. The average molecular weight is 402 g/mol. The summed E-state index contributed by atoms with van der Waals surface area (Å²) in [6.07, 6.45) is 0. The van der Waals surface area contributed by atoms with Gasteiger partial charge in [-0.15, -0.1) is 0 Å². The van der Waals surface area contributed by atoms with Gasteiger partial charge in [-0.1, -0.05) is 51.1 Å². The first-order valence-electron chi connectivity index (χ1n) is 9.76. The zero-order chi connectivity index (χ0) is 21.7. The maximum atomic E-state index is 12.4. The number of ether oxygens (including phenoxy) is 1. The fourth-order valence-corrected chi connectivity index (χ4v) is 2.92. The number of carbonyl (C=O) groups excluding carboxylic acids is 2. The molecule has 154 valence electrons. The first-order chi connectivity index (χ1) is 14.2. The van der Waals surface area contributed by atoms with Crippen LogP contribution in [0.15, 0.2) is 72.8 Å². The van der Waals surface area contributed by atoms with Crippen molar-refractivity contribution in [2.24, 2.45) is 5.73 Å². The van der Waals surface area contributed by atoms with E-state index < -0.39 is 5.91 Å². The van der Waals surface area contributed by atoms with Gasteiger partial charge < -0.3 is 15.8 Å². The molecular formula is C25H26N2O3. The molecule has 0 aromatic heterocycles. The molecule has 3 N–H and O–H groups in total. The van der Waals surface area contributed by atoms with Crippen LogP contribution in [0.5, 0.6) is 5.75 Å². The van der Waals surface area contributed by atoms with E-state index in [1.54, 1.807) is 36.4 Å². The number of nitrogens with two attached hydrogens (primary N) is 1. The number of hydrogen-bond donors (Lipinski definition) is 2. The van der Waals surface area contributed by atoms with Crippen LogP contribution in [0.1, 0.15) is 52.6 Å². The van der Waals surface area contributed by atoms with Gasteiger partial charge in [0.2, 0.25) is 5.91 Å². The number of hydrogen-bond acceptors (Lipinski definition) is 3. The first kappa shape index (κ1) is 21.1. The Bertz CT molecular complexity index is 1030. The zero-order valence-corrected chi connectivity index (χ0v) is 17.4. The van der Waals surface area contributed by atoms with Crippen LogP contribution >= 0.6 is 0 Å². The number of carbonyl (C=O) groups is 2. The predicted molar refractivity (Wildman–Crippen MR) is 119 cm³/mol. The molecule has 0 bridgehead atoms. The van der Waals surface area contributed by atoms with Crippen molar-refractivity contribution in [3.05, 3.63) is 95.1 Å². The minimum absolute atomic E-state index is 0.107. The number of rotatable bonds is 6. The van der Waals surface area contributed by atoms with Crippen LogP contribution in [0.25, 0.3) is 0 Å². The van der Waals surface area contributed by atoms with E-state index in [2.05, 4.69) is 38.2 Å². The van der Waals surface area contributed by atoms with Crippen LogP contribution < -0.4 is 15.8 Å². The molecule has 0 aliphatic rings. The van der Waals surface area contributed by atoms with Crippen LogP contribution in [0, 0.1) is 0 Å². The summed E-state index contributed by atoms with van der Waals surface area (Å²) in [7, 11) is 0. The zero-order valence-electron chi connectivity index (χ0n) is 17.4. The number of nitrogens with one attached hydrogen (secondary N) is 1. The normalized spacial score (nSPS) is 11.0. The van der Waals surface area contributed by atoms with Gasteiger partial charge >= 0.3 is 0 Å². The Morgan fingerprint density at radius 1 is 0.900 bits per heavy atom. The van der Waals surface area contributed by atoms with Crippen molar-refractivity contribution in [1.82, 2.24) is 0 Å². The third kappa shape index (κ3) is 5.47. The molecule has 0 fully saturated rings. The molecule has 0 saturated heterocycles. The molecule has 3 aromatic carbocycles. The van der Waals surface area contributed by atoms with Gasteiger partial charge in [0.1, 0.15) is 12.4 Å². The summed E-state index contributed by atoms with van der Waals surface area (Å²) in [6.45, 7) is 6.94. The highest BCUT2D eigenvalue weighted by Crippen LogP contribution is 2.24. The third-order valence-corrected chi connectivity index (χ3v) is 4.75. The largest absolute Gasteiger partial charge is 0.489 e. The van der Waals surface area contributed by atoms with E-state index in [4.69, 9.17) is 10.5 Å². The molecule has 0 atom stereocenters. The molecule has 0 unspecified atom stereocenters. The quantitative estimate of drug-likeness (QED) is 0.614. The lowest BCUT2D eigenvalue weighted by Gasteiger charge is -2.19. The smallest absolute Gasteiger partial charge is 0.255 e. The summed E-state index contributed by atoms with van der Waals surface area (Å²) in [6, 6.07) is 21.8. The van der Waals surface area contributed by atoms with Gasteiger partial charge in [0.25, 0.3) is 5.91 Å². The van der Waals surface area contributed by atoms with Crippen LogP contribution in [0.3, 0.4) is 0 Å². The molecule has 0 heterocycles. The van der Waals surface area contributed by atoms with E-state index in [0.717, 1.165) is 11.3 Å². The maximum Gasteiger partial charge on any atom is 0.255 e. The van der Waals surface area contributed by atoms with Crippen molar-refractivity contribution < 1.29 is 14.3 Å². The van der Waals surface area contributed by atoms with E-state index >= 15 is 0 Å². The fraction of sp³-hybridized carbons (Fsp3) is 0.200. The summed E-state index contributed by atoms with van der Waals surface area (Å²) >= 11 is 0. The maximum absolute atomic E-state index is 12.4. The van der Waals surface area contributed by atoms with Crippen LogP contribution in [-0.2, 0) is 12.0 Å². The molecule has 0 aliphatic carbocycles. The Hall–Kier alpha value is -3.60. The average Bonchev–Trinajstić information content (AvgIpc) is 2.72. The molecule has 5 nitrogen and oxygen atoms in total. The Morgan fingerprint density at radius 3 is 2.17 bits per heavy atom. The highest BCUT2D eigenvalue weighted by atomic mass is 16.5. The lowest BCUT2D eigenvalue weighted by Crippen LogP contribution is -2.14. The standard InChI is InChI=1S/C25H26N2O3/c1-25(2,3)20-11-13-22(14-12-20)30-16-17-7-9-18(10-8-17)24(29)27-21-6-4-5-19(15-21)23(26)28/h4-15H,16H2,1-3H3,(H2,26,28)(H,27,29). The molecule has 0 aliphatic heterocycles. The van der Waals surface area contributed by atoms with Gasteiger partial charge in [0, 0.05) is 16.8 Å². The van der Waals surface area contributed by atoms with Crippen LogP contribution in [-0.4, -0.2) is 11.8 Å². The van der Waals surface area contributed by atoms with Crippen molar-refractivity contribution >= 4 is 17.5 Å². The lowest BCUT2D eigenvalue weighted by molar-refractivity contribution is 0.0996. The minimum atomic E-state index is -0.538. The summed E-state index contributed by atoms with van der Waals surface area (Å²) in [5, 5.41) is 2.77. The SMILES string of the molecule is CC(C)(C)c1ccc(OCc2ccc(C(=O)Nc3cccc(C(N)=O)c3)cc2)cc1. The monoisotopic (exact) mass is 402 g/mol. The van der Waals surface area contributed by atoms with Crippen molar-refractivity contribution in [2.75, 3.05) is 5.32 Å². The number of benzene rings is 3. The Morgan fingerprint density at radius 2 is 1.57 bits per heavy atom. The summed E-state index contributed by atoms with van der Waals surface area (Å²) < 4.78 is 5.85. The van der Waals surface area contributed by atoms with Crippen molar-refractivity contribution in [3.63, 3.8) is 0 Å². The molecule has 0 radical (unpaired) electrons. The second-order valence-corrected chi connectivity index (χ2v) is 8.16. The van der Waals surface area contributed by atoms with E-state index in [-0.39, 0.29) is 11.3 Å². The fourth-order valence-electron chi connectivity index (χ4n) is 2.92. The summed E-state index contributed by atoms with van der Waals surface area (Å²) in [5.74, 6) is 0.00417. The van der Waals surface area contributed by atoms with Crippen LogP contribution in [0.2, 0.25) is 0 Å². The van der Waals surface area contributed by atoms with Crippen molar-refractivity contribution in [1.29, 1.82) is 0 Å². The second-order valence-electron chi connectivity index (χ2n) is 8.16. The molecule has 0 saturated carbocycles. The summed E-state index contributed by atoms with van der Waals surface area (Å²) in [5.41, 5.74) is 8.97. The highest BCUT2D eigenvalue weighted by molar-refractivity contribution is 6.05.